The van der Waals surface area contributed by atoms with E-state index in [9.17, 15) is 4.79 Å². The number of nitrogens with zero attached hydrogens (tertiary/aromatic N) is 3. The van der Waals surface area contributed by atoms with Crippen molar-refractivity contribution in [2.75, 3.05) is 18.0 Å². The lowest BCUT2D eigenvalue weighted by Crippen LogP contribution is -2.45. The first-order valence-electron chi connectivity index (χ1n) is 11.5. The molecule has 1 fully saturated rings. The first kappa shape index (κ1) is 21.1. The van der Waals surface area contributed by atoms with Crippen molar-refractivity contribution in [2.45, 2.75) is 25.3 Å². The lowest BCUT2D eigenvalue weighted by Gasteiger charge is -2.42. The topological polar surface area (TPSA) is 104 Å². The van der Waals surface area contributed by atoms with Gasteiger partial charge in [-0.05, 0) is 53.5 Å². The maximum Gasteiger partial charge on any atom is 0.264 e. The number of rotatable bonds is 3. The average Bonchev–Trinajstić information content (AvgIpc) is 3.39. The molecule has 2 aliphatic rings. The van der Waals surface area contributed by atoms with Gasteiger partial charge in [-0.2, -0.15) is 10.1 Å². The summed E-state index contributed by atoms with van der Waals surface area (Å²) >= 11 is 6.12. The molecule has 1 atom stereocenters. The van der Waals surface area contributed by atoms with Gasteiger partial charge in [-0.15, -0.1) is 0 Å². The van der Waals surface area contributed by atoms with Gasteiger partial charge in [0.05, 0.1) is 0 Å². The fraction of sp³-hybridized carbons (Fsp3) is 0.269. The Balaban J connectivity index is 1.26. The van der Waals surface area contributed by atoms with Gasteiger partial charge in [0.25, 0.3) is 5.56 Å². The van der Waals surface area contributed by atoms with Gasteiger partial charge in [-0.1, -0.05) is 54.6 Å². The van der Waals surface area contributed by atoms with Gasteiger partial charge >= 0.3 is 0 Å². The van der Waals surface area contributed by atoms with Crippen LogP contribution in [0.5, 0.6) is 0 Å². The van der Waals surface area contributed by atoms with Crippen LogP contribution in [-0.4, -0.2) is 33.3 Å². The summed E-state index contributed by atoms with van der Waals surface area (Å²) in [7, 11) is 0. The van der Waals surface area contributed by atoms with Crippen LogP contribution in [0, 0.1) is 5.41 Å². The van der Waals surface area contributed by atoms with E-state index in [1.54, 1.807) is 12.1 Å². The number of hydrogen-bond acceptors (Lipinski definition) is 5. The third kappa shape index (κ3) is 3.27. The standard InChI is InChI=1S/C26H25ClN6O/c1-15(16-6-4-7-18(27)13-16)21-20-23(32-31-21)29-25(30-24(20)34)33-11-9-26(10-12-33)14-17-5-2-3-8-19(17)22(26)28/h2-8,13,22H,1,9-12,14,28H2,(H2,29,30,31,32,34)/t22-/m1/s1. The molecule has 172 valence electrons. The zero-order chi connectivity index (χ0) is 23.4. The predicted octanol–water partition coefficient (Wildman–Crippen LogP) is 4.20. The lowest BCUT2D eigenvalue weighted by molar-refractivity contribution is 0.187. The molecule has 0 bridgehead atoms. The van der Waals surface area contributed by atoms with Crippen molar-refractivity contribution >= 4 is 34.2 Å². The van der Waals surface area contributed by atoms with Crippen LogP contribution in [0.1, 0.15) is 41.3 Å². The summed E-state index contributed by atoms with van der Waals surface area (Å²) in [6, 6.07) is 15.9. The fourth-order valence-electron chi connectivity index (χ4n) is 5.58. The summed E-state index contributed by atoms with van der Waals surface area (Å²) in [6.07, 6.45) is 2.91. The molecule has 8 heteroatoms. The van der Waals surface area contributed by atoms with Gasteiger partial charge in [-0.3, -0.25) is 14.9 Å². The molecule has 2 aromatic carbocycles. The van der Waals surface area contributed by atoms with E-state index in [1.807, 2.05) is 12.1 Å². The van der Waals surface area contributed by atoms with Crippen LogP contribution in [0.15, 0.2) is 59.9 Å². The smallest absolute Gasteiger partial charge is 0.264 e. The van der Waals surface area contributed by atoms with Crippen molar-refractivity contribution in [3.63, 3.8) is 0 Å². The number of fused-ring (bicyclic) bond motifs is 2. The highest BCUT2D eigenvalue weighted by molar-refractivity contribution is 6.30. The minimum atomic E-state index is -0.239. The molecular weight excluding hydrogens is 448 g/mol. The Morgan fingerprint density at radius 1 is 1.18 bits per heavy atom. The van der Waals surface area contributed by atoms with Crippen LogP contribution in [0.3, 0.4) is 0 Å². The maximum absolute atomic E-state index is 13.1. The Morgan fingerprint density at radius 2 is 1.97 bits per heavy atom. The second-order valence-corrected chi connectivity index (χ2v) is 9.81. The number of aromatic nitrogens is 4. The number of benzene rings is 2. The number of aromatic amines is 2. The zero-order valence-electron chi connectivity index (χ0n) is 18.6. The van der Waals surface area contributed by atoms with Gasteiger partial charge in [0.15, 0.2) is 5.65 Å². The monoisotopic (exact) mass is 472 g/mol. The molecule has 2 aromatic heterocycles. The van der Waals surface area contributed by atoms with Crippen molar-refractivity contribution in [1.82, 2.24) is 20.2 Å². The van der Waals surface area contributed by atoms with Crippen LogP contribution in [0.25, 0.3) is 16.6 Å². The van der Waals surface area contributed by atoms with Crippen LogP contribution in [0.4, 0.5) is 5.95 Å². The molecule has 4 aromatic rings. The Labute approximate surface area is 201 Å². The Morgan fingerprint density at radius 3 is 2.74 bits per heavy atom. The Bertz CT molecular complexity index is 1480. The largest absolute Gasteiger partial charge is 0.342 e. The molecule has 3 heterocycles. The second kappa shape index (κ2) is 7.82. The summed E-state index contributed by atoms with van der Waals surface area (Å²) in [5.41, 5.74) is 11.5. The first-order valence-corrected chi connectivity index (χ1v) is 11.8. The van der Waals surface area contributed by atoms with Gasteiger partial charge in [0.2, 0.25) is 5.95 Å². The van der Waals surface area contributed by atoms with Crippen molar-refractivity contribution < 1.29 is 0 Å². The summed E-state index contributed by atoms with van der Waals surface area (Å²) in [5, 5.41) is 8.27. The number of nitrogens with one attached hydrogen (secondary N) is 2. The van der Waals surface area contributed by atoms with Crippen LogP contribution < -0.4 is 16.2 Å². The number of nitrogens with two attached hydrogens (primary N) is 1. The molecule has 0 unspecified atom stereocenters. The molecule has 1 aliphatic heterocycles. The number of piperidine rings is 1. The minimum absolute atomic E-state index is 0.0491. The van der Waals surface area contributed by atoms with Gasteiger partial charge < -0.3 is 10.6 Å². The van der Waals surface area contributed by atoms with Gasteiger partial charge in [-0.25, -0.2) is 0 Å². The molecular formula is C26H25ClN6O. The summed E-state index contributed by atoms with van der Waals surface area (Å²) in [4.78, 5) is 22.9. The van der Waals surface area contributed by atoms with E-state index in [0.29, 0.717) is 33.3 Å². The van der Waals surface area contributed by atoms with Crippen molar-refractivity contribution in [3.05, 3.63) is 92.9 Å². The highest BCUT2D eigenvalue weighted by Gasteiger charge is 2.46. The predicted molar refractivity (Wildman–Crippen MR) is 135 cm³/mol. The van der Waals surface area contributed by atoms with Crippen LogP contribution >= 0.6 is 11.6 Å². The highest BCUT2D eigenvalue weighted by atomic mass is 35.5. The molecule has 6 rings (SSSR count). The van der Waals surface area contributed by atoms with E-state index >= 15 is 0 Å². The van der Waals surface area contributed by atoms with Crippen LogP contribution in [0.2, 0.25) is 5.02 Å². The molecule has 4 N–H and O–H groups in total. The van der Waals surface area contributed by atoms with E-state index < -0.39 is 0 Å². The lowest BCUT2D eigenvalue weighted by atomic mass is 9.73. The van der Waals surface area contributed by atoms with E-state index in [-0.39, 0.29) is 17.0 Å². The second-order valence-electron chi connectivity index (χ2n) is 9.38. The molecule has 0 saturated carbocycles. The van der Waals surface area contributed by atoms with Crippen molar-refractivity contribution in [3.8, 4) is 0 Å². The fourth-order valence-corrected chi connectivity index (χ4v) is 5.77. The third-order valence-electron chi connectivity index (χ3n) is 7.53. The molecule has 0 amide bonds. The molecule has 7 nitrogen and oxygen atoms in total. The number of hydrogen-bond donors (Lipinski definition) is 3. The van der Waals surface area contributed by atoms with Gasteiger partial charge in [0.1, 0.15) is 11.1 Å². The van der Waals surface area contributed by atoms with E-state index in [0.717, 1.165) is 37.9 Å². The minimum Gasteiger partial charge on any atom is -0.342 e. The summed E-state index contributed by atoms with van der Waals surface area (Å²) < 4.78 is 0. The van der Waals surface area contributed by atoms with Crippen molar-refractivity contribution in [2.24, 2.45) is 11.1 Å². The number of anilines is 1. The maximum atomic E-state index is 13.1. The third-order valence-corrected chi connectivity index (χ3v) is 7.76. The molecule has 0 radical (unpaired) electrons. The molecule has 34 heavy (non-hydrogen) atoms. The number of H-pyrrole nitrogens is 2. The first-order chi connectivity index (χ1) is 16.4. The zero-order valence-corrected chi connectivity index (χ0v) is 19.4. The quantitative estimate of drug-likeness (QED) is 0.414. The molecule has 1 spiro atoms. The van der Waals surface area contributed by atoms with E-state index in [2.05, 4.69) is 50.9 Å². The van der Waals surface area contributed by atoms with E-state index in [4.69, 9.17) is 22.3 Å². The normalized spacial score (nSPS) is 19.0. The van der Waals surface area contributed by atoms with E-state index in [1.165, 1.54) is 11.1 Å². The SMILES string of the molecule is C=C(c1cccc(Cl)c1)c1n[nH]c2nc(N3CCC4(CC3)Cc3ccccc3[C@H]4N)[nH]c(=O)c12. The summed E-state index contributed by atoms with van der Waals surface area (Å²) in [6.45, 7) is 5.70. The Hall–Kier alpha value is -3.42. The average molecular weight is 473 g/mol. The van der Waals surface area contributed by atoms with Crippen molar-refractivity contribution in [1.29, 1.82) is 0 Å². The highest BCUT2D eigenvalue weighted by Crippen LogP contribution is 2.50. The molecule has 1 saturated heterocycles. The number of halogens is 1. The van der Waals surface area contributed by atoms with Gasteiger partial charge in [0, 0.05) is 29.7 Å². The Kier molecular flexibility index (Phi) is 4.86. The molecule has 1 aliphatic carbocycles. The summed E-state index contributed by atoms with van der Waals surface area (Å²) in [5.74, 6) is 0.556. The van der Waals surface area contributed by atoms with Crippen LogP contribution in [-0.2, 0) is 6.42 Å².